The molecule has 3 heteroatoms. The summed E-state index contributed by atoms with van der Waals surface area (Å²) < 4.78 is 0. The summed E-state index contributed by atoms with van der Waals surface area (Å²) in [6, 6.07) is 6.21. The zero-order valence-electron chi connectivity index (χ0n) is 10.8. The first kappa shape index (κ1) is 15.9. The van der Waals surface area contributed by atoms with Crippen molar-refractivity contribution in [2.45, 2.75) is 33.6 Å². The van der Waals surface area contributed by atoms with Crippen molar-refractivity contribution in [2.75, 3.05) is 6.16 Å². The number of rotatable bonds is 5. The number of benzene rings is 1. The van der Waals surface area contributed by atoms with Crippen molar-refractivity contribution in [2.24, 2.45) is 0 Å². The largest absolute Gasteiger partial charge is 0.289 e. The smallest absolute Gasteiger partial charge is 0.181 e. The SMILES string of the molecule is CCPC(=O)c1c(CC)cccc1CC.[Li]. The van der Waals surface area contributed by atoms with E-state index in [1.165, 1.54) is 11.1 Å². The molecule has 83 valence electrons. The fourth-order valence-corrected chi connectivity index (χ4v) is 2.60. The van der Waals surface area contributed by atoms with E-state index in [0.717, 1.165) is 24.6 Å². The average molecular weight is 229 g/mol. The fourth-order valence-electron chi connectivity index (χ4n) is 1.78. The first-order chi connectivity index (χ1) is 7.24. The summed E-state index contributed by atoms with van der Waals surface area (Å²) in [5.41, 5.74) is 3.76. The van der Waals surface area contributed by atoms with Crippen LogP contribution in [-0.4, -0.2) is 30.5 Å². The zero-order valence-corrected chi connectivity index (χ0v) is 11.8. The van der Waals surface area contributed by atoms with Gasteiger partial charge in [0.15, 0.2) is 5.52 Å². The molecule has 0 spiro atoms. The van der Waals surface area contributed by atoms with Crippen LogP contribution in [0.15, 0.2) is 18.2 Å². The molecule has 0 amide bonds. The average Bonchev–Trinajstić information content (AvgIpc) is 2.28. The third kappa shape index (κ3) is 3.74. The predicted octanol–water partition coefficient (Wildman–Crippen LogP) is 3.27. The van der Waals surface area contributed by atoms with Gasteiger partial charge in [-0.2, -0.15) is 0 Å². The van der Waals surface area contributed by atoms with E-state index < -0.39 is 0 Å². The van der Waals surface area contributed by atoms with Crippen LogP contribution in [-0.2, 0) is 12.8 Å². The van der Waals surface area contributed by atoms with Crippen LogP contribution in [0.3, 0.4) is 0 Å². The van der Waals surface area contributed by atoms with Crippen molar-refractivity contribution in [1.29, 1.82) is 0 Å². The van der Waals surface area contributed by atoms with E-state index >= 15 is 0 Å². The molecular formula is C13H19LiOP. The molecule has 0 bridgehead atoms. The minimum atomic E-state index is 0. The predicted molar refractivity (Wildman–Crippen MR) is 74.1 cm³/mol. The molecule has 1 unspecified atom stereocenters. The molecule has 0 aromatic heterocycles. The number of hydrogen-bond acceptors (Lipinski definition) is 1. The summed E-state index contributed by atoms with van der Waals surface area (Å²) in [6.45, 7) is 6.29. The van der Waals surface area contributed by atoms with Gasteiger partial charge >= 0.3 is 0 Å². The van der Waals surface area contributed by atoms with Crippen LogP contribution in [0.4, 0.5) is 0 Å². The van der Waals surface area contributed by atoms with Crippen molar-refractivity contribution >= 4 is 33.0 Å². The van der Waals surface area contributed by atoms with E-state index in [1.807, 2.05) is 0 Å². The number of hydrogen-bond donors (Lipinski definition) is 0. The molecule has 0 aliphatic carbocycles. The van der Waals surface area contributed by atoms with Gasteiger partial charge in [-0.1, -0.05) is 39.0 Å². The zero-order chi connectivity index (χ0) is 11.3. The van der Waals surface area contributed by atoms with Crippen LogP contribution in [0.25, 0.3) is 0 Å². The molecule has 1 aromatic carbocycles. The summed E-state index contributed by atoms with van der Waals surface area (Å²) in [7, 11) is 0.426. The van der Waals surface area contributed by atoms with Crippen molar-refractivity contribution < 1.29 is 4.79 Å². The van der Waals surface area contributed by atoms with Crippen LogP contribution < -0.4 is 0 Å². The Morgan fingerprint density at radius 3 is 2.00 bits per heavy atom. The van der Waals surface area contributed by atoms with Crippen LogP contribution in [0, 0.1) is 0 Å². The van der Waals surface area contributed by atoms with E-state index in [9.17, 15) is 4.79 Å². The van der Waals surface area contributed by atoms with Crippen molar-refractivity contribution in [3.8, 4) is 0 Å². The third-order valence-corrected chi connectivity index (χ3v) is 3.49. The van der Waals surface area contributed by atoms with Crippen molar-refractivity contribution in [3.05, 3.63) is 34.9 Å². The molecule has 0 heterocycles. The minimum absolute atomic E-state index is 0. The molecule has 1 radical (unpaired) electrons. The Kier molecular flexibility index (Phi) is 8.03. The van der Waals surface area contributed by atoms with Crippen LogP contribution in [0.1, 0.15) is 42.3 Å². The topological polar surface area (TPSA) is 17.1 Å². The van der Waals surface area contributed by atoms with Crippen molar-refractivity contribution in [1.82, 2.24) is 0 Å². The molecule has 1 nitrogen and oxygen atoms in total. The van der Waals surface area contributed by atoms with E-state index in [0.29, 0.717) is 14.1 Å². The molecule has 1 rings (SSSR count). The van der Waals surface area contributed by atoms with Gasteiger partial charge < -0.3 is 0 Å². The standard InChI is InChI=1S/C13H19OP.Li/c1-4-10-8-7-9-11(5-2)12(10)13(14)15-6-3;/h7-9,15H,4-6H2,1-3H3;. The molecule has 0 N–H and O–H groups in total. The Labute approximate surface area is 112 Å². The summed E-state index contributed by atoms with van der Waals surface area (Å²) >= 11 is 0. The third-order valence-electron chi connectivity index (χ3n) is 2.56. The Balaban J connectivity index is 0.00000225. The molecule has 0 aliphatic heterocycles. The second-order valence-electron chi connectivity index (χ2n) is 3.52. The Bertz CT molecular complexity index is 328. The summed E-state index contributed by atoms with van der Waals surface area (Å²) in [5.74, 6) is 0. The van der Waals surface area contributed by atoms with Gasteiger partial charge in [0.2, 0.25) is 0 Å². The molecule has 0 aliphatic rings. The maximum absolute atomic E-state index is 12.0. The molecule has 1 atom stereocenters. The van der Waals surface area contributed by atoms with Crippen LogP contribution in [0.2, 0.25) is 0 Å². The van der Waals surface area contributed by atoms with E-state index in [1.54, 1.807) is 0 Å². The minimum Gasteiger partial charge on any atom is -0.289 e. The maximum atomic E-state index is 12.0. The Morgan fingerprint density at radius 1 is 1.12 bits per heavy atom. The van der Waals surface area contributed by atoms with E-state index in [2.05, 4.69) is 39.0 Å². The normalized spacial score (nSPS) is 10.4. The Hall–Kier alpha value is -0.0826. The van der Waals surface area contributed by atoms with Gasteiger partial charge in [-0.15, -0.1) is 0 Å². The monoisotopic (exact) mass is 229 g/mol. The number of carbonyl (C=O) groups excluding carboxylic acids is 1. The summed E-state index contributed by atoms with van der Waals surface area (Å²) in [5, 5.41) is 0. The second-order valence-corrected chi connectivity index (χ2v) is 5.03. The maximum Gasteiger partial charge on any atom is 0.181 e. The van der Waals surface area contributed by atoms with Gasteiger partial charge in [-0.25, -0.2) is 0 Å². The van der Waals surface area contributed by atoms with E-state index in [-0.39, 0.29) is 18.9 Å². The Morgan fingerprint density at radius 2 is 1.62 bits per heavy atom. The van der Waals surface area contributed by atoms with Gasteiger partial charge in [0.1, 0.15) is 0 Å². The first-order valence-electron chi connectivity index (χ1n) is 5.63. The molecule has 16 heavy (non-hydrogen) atoms. The number of aryl methyl sites for hydroxylation is 2. The van der Waals surface area contributed by atoms with Gasteiger partial charge in [0.25, 0.3) is 0 Å². The molecule has 0 saturated heterocycles. The van der Waals surface area contributed by atoms with Gasteiger partial charge in [-0.05, 0) is 38.7 Å². The summed E-state index contributed by atoms with van der Waals surface area (Å²) in [4.78, 5) is 12.0. The van der Waals surface area contributed by atoms with Crippen LogP contribution >= 0.6 is 8.58 Å². The molecule has 0 fully saturated rings. The van der Waals surface area contributed by atoms with Crippen molar-refractivity contribution in [3.63, 3.8) is 0 Å². The molecule has 1 aromatic rings. The van der Waals surface area contributed by atoms with Gasteiger partial charge in [-0.3, -0.25) is 4.79 Å². The van der Waals surface area contributed by atoms with Gasteiger partial charge in [0, 0.05) is 24.4 Å². The van der Waals surface area contributed by atoms with Gasteiger partial charge in [0.05, 0.1) is 0 Å². The van der Waals surface area contributed by atoms with E-state index in [4.69, 9.17) is 0 Å². The second kappa shape index (κ2) is 8.07. The van der Waals surface area contributed by atoms with Crippen LogP contribution in [0.5, 0.6) is 0 Å². The first-order valence-corrected chi connectivity index (χ1v) is 6.84. The fraction of sp³-hybridized carbons (Fsp3) is 0.462. The molecule has 0 saturated carbocycles. The summed E-state index contributed by atoms with van der Waals surface area (Å²) in [6.07, 6.45) is 2.85. The quantitative estimate of drug-likeness (QED) is 0.559. The number of carbonyl (C=O) groups is 1. The molecular weight excluding hydrogens is 210 g/mol.